The molecule has 0 aliphatic rings. The van der Waals surface area contributed by atoms with Crippen molar-refractivity contribution in [3.05, 3.63) is 76.1 Å². The third-order valence-corrected chi connectivity index (χ3v) is 4.47. The van der Waals surface area contributed by atoms with E-state index in [1.54, 1.807) is 23.0 Å². The number of nitrogens with one attached hydrogen (secondary N) is 2. The summed E-state index contributed by atoms with van der Waals surface area (Å²) >= 11 is 8.44. The molecule has 4 nitrogen and oxygen atoms in total. The third kappa shape index (κ3) is 5.08. The lowest BCUT2D eigenvalue weighted by atomic mass is 10.2. The first-order valence-corrected chi connectivity index (χ1v) is 9.14. The molecule has 0 amide bonds. The number of rotatable bonds is 4. The van der Waals surface area contributed by atoms with Gasteiger partial charge in [0.15, 0.2) is 10.9 Å². The molecule has 0 fully saturated rings. The number of thiocarbonyl (C=S) groups is 1. The van der Waals surface area contributed by atoms with Crippen molar-refractivity contribution in [3.63, 3.8) is 0 Å². The van der Waals surface area contributed by atoms with Gasteiger partial charge in [0.25, 0.3) is 0 Å². The number of aromatic nitrogens is 2. The predicted octanol–water partition coefficient (Wildman–Crippen LogP) is 5.66. The van der Waals surface area contributed by atoms with Gasteiger partial charge in [-0.15, -0.1) is 0 Å². The second-order valence-electron chi connectivity index (χ2n) is 5.77. The van der Waals surface area contributed by atoms with E-state index in [2.05, 4.69) is 31.7 Å². The van der Waals surface area contributed by atoms with Crippen LogP contribution < -0.4 is 10.6 Å². The fraction of sp³-hybridized carbons (Fsp3) is 0.111. The zero-order valence-corrected chi connectivity index (χ0v) is 16.5. The van der Waals surface area contributed by atoms with Crippen molar-refractivity contribution in [3.8, 4) is 0 Å². The summed E-state index contributed by atoms with van der Waals surface area (Å²) < 4.78 is 54.4. The molecule has 0 spiro atoms. The zero-order chi connectivity index (χ0) is 20.3. The third-order valence-electron chi connectivity index (χ3n) is 3.69. The smallest absolute Gasteiger partial charge is 0.332 e. The first-order chi connectivity index (χ1) is 13.2. The first kappa shape index (κ1) is 20.3. The van der Waals surface area contributed by atoms with E-state index < -0.39 is 11.7 Å². The Balaban J connectivity index is 1.70. The van der Waals surface area contributed by atoms with Gasteiger partial charge in [0.05, 0.1) is 22.3 Å². The fourth-order valence-electron chi connectivity index (χ4n) is 2.44. The highest BCUT2D eigenvalue weighted by atomic mass is 79.9. The van der Waals surface area contributed by atoms with Gasteiger partial charge in [0.2, 0.25) is 0 Å². The normalized spacial score (nSPS) is 11.3. The van der Waals surface area contributed by atoms with Gasteiger partial charge in [0, 0.05) is 6.20 Å². The van der Waals surface area contributed by atoms with Gasteiger partial charge in [0.1, 0.15) is 5.82 Å². The molecule has 3 aromatic rings. The predicted molar refractivity (Wildman–Crippen MR) is 107 cm³/mol. The summed E-state index contributed by atoms with van der Waals surface area (Å²) in [6.45, 7) is 0.387. The maximum absolute atomic E-state index is 13.1. The molecule has 0 saturated heterocycles. The lowest BCUT2D eigenvalue weighted by molar-refractivity contribution is -0.136. The van der Waals surface area contributed by atoms with E-state index in [4.69, 9.17) is 12.2 Å². The summed E-state index contributed by atoms with van der Waals surface area (Å²) in [7, 11) is 0. The number of nitrogens with zero attached hydrogens (tertiary/aromatic N) is 2. The molecule has 28 heavy (non-hydrogen) atoms. The minimum atomic E-state index is -4.50. The zero-order valence-electron chi connectivity index (χ0n) is 14.1. The maximum Gasteiger partial charge on any atom is 0.418 e. The average Bonchev–Trinajstić information content (AvgIpc) is 2.95. The first-order valence-electron chi connectivity index (χ1n) is 7.94. The maximum atomic E-state index is 13.1. The van der Waals surface area contributed by atoms with Crippen LogP contribution in [0.1, 0.15) is 11.1 Å². The Hall–Kier alpha value is -2.46. The van der Waals surface area contributed by atoms with Crippen LogP contribution in [0.15, 0.2) is 59.2 Å². The van der Waals surface area contributed by atoms with Gasteiger partial charge in [-0.2, -0.15) is 18.3 Å². The molecule has 2 N–H and O–H groups in total. The number of hydrogen-bond donors (Lipinski definition) is 2. The summed E-state index contributed by atoms with van der Waals surface area (Å²) in [6, 6.07) is 11.0. The van der Waals surface area contributed by atoms with Crippen LogP contribution in [0.3, 0.4) is 0 Å². The summed E-state index contributed by atoms with van der Waals surface area (Å²) in [5, 5.41) is 9.57. The van der Waals surface area contributed by atoms with E-state index in [0.29, 0.717) is 16.8 Å². The quantitative estimate of drug-likeness (QED) is 0.379. The minimum Gasteiger partial charge on any atom is -0.332 e. The Morgan fingerprint density at radius 3 is 2.43 bits per heavy atom. The van der Waals surface area contributed by atoms with Gasteiger partial charge in [-0.1, -0.05) is 24.3 Å². The fourth-order valence-corrected chi connectivity index (χ4v) is 3.06. The largest absolute Gasteiger partial charge is 0.418 e. The van der Waals surface area contributed by atoms with Gasteiger partial charge >= 0.3 is 6.18 Å². The van der Waals surface area contributed by atoms with Crippen molar-refractivity contribution in [1.29, 1.82) is 0 Å². The summed E-state index contributed by atoms with van der Waals surface area (Å²) in [6.07, 6.45) is -2.82. The molecular weight excluding hydrogens is 460 g/mol. The second kappa shape index (κ2) is 8.27. The highest BCUT2D eigenvalue weighted by molar-refractivity contribution is 9.10. The second-order valence-corrected chi connectivity index (χ2v) is 7.03. The summed E-state index contributed by atoms with van der Waals surface area (Å²) in [4.78, 5) is 0. The van der Waals surface area contributed by atoms with Crippen LogP contribution in [0.4, 0.5) is 29.1 Å². The number of alkyl halides is 3. The molecule has 3 rings (SSSR count). The van der Waals surface area contributed by atoms with Crippen molar-refractivity contribution in [2.45, 2.75) is 12.7 Å². The van der Waals surface area contributed by atoms with Crippen LogP contribution in [-0.2, 0) is 12.7 Å². The van der Waals surface area contributed by atoms with Crippen LogP contribution in [0.2, 0.25) is 0 Å². The Kier molecular flexibility index (Phi) is 5.99. The molecule has 0 radical (unpaired) electrons. The van der Waals surface area contributed by atoms with Gasteiger partial charge < -0.3 is 10.6 Å². The van der Waals surface area contributed by atoms with Crippen LogP contribution >= 0.6 is 28.1 Å². The van der Waals surface area contributed by atoms with Crippen LogP contribution in [0, 0.1) is 5.82 Å². The van der Waals surface area contributed by atoms with E-state index in [1.807, 2.05) is 0 Å². The minimum absolute atomic E-state index is 0.0376. The van der Waals surface area contributed by atoms with Crippen molar-refractivity contribution in [2.75, 3.05) is 10.6 Å². The van der Waals surface area contributed by atoms with Crippen LogP contribution in [0.25, 0.3) is 0 Å². The Labute approximate surface area is 171 Å². The molecule has 2 aromatic carbocycles. The number of hydrogen-bond acceptors (Lipinski definition) is 2. The Bertz CT molecular complexity index is 986. The molecule has 1 heterocycles. The summed E-state index contributed by atoms with van der Waals surface area (Å²) in [5.41, 5.74) is -0.142. The molecule has 0 aliphatic carbocycles. The SMILES string of the molecule is Fc1ccc(Cn2cc(Br)c(NC(=S)Nc3ccccc3C(F)(F)F)n2)cc1. The molecule has 146 valence electrons. The number of anilines is 2. The Morgan fingerprint density at radius 2 is 1.75 bits per heavy atom. The molecule has 0 atom stereocenters. The van der Waals surface area contributed by atoms with E-state index in [1.165, 1.54) is 30.3 Å². The lowest BCUT2D eigenvalue weighted by Crippen LogP contribution is -2.22. The van der Waals surface area contributed by atoms with Crippen molar-refractivity contribution < 1.29 is 17.6 Å². The van der Waals surface area contributed by atoms with E-state index in [-0.39, 0.29) is 16.6 Å². The topological polar surface area (TPSA) is 41.9 Å². The molecular formula is C18H13BrF4N4S. The monoisotopic (exact) mass is 472 g/mol. The van der Waals surface area contributed by atoms with E-state index in [9.17, 15) is 17.6 Å². The molecule has 0 saturated carbocycles. The van der Waals surface area contributed by atoms with Crippen molar-refractivity contribution in [1.82, 2.24) is 9.78 Å². The molecule has 0 unspecified atom stereocenters. The lowest BCUT2D eigenvalue weighted by Gasteiger charge is -2.15. The summed E-state index contributed by atoms with van der Waals surface area (Å²) in [5.74, 6) is 0.00687. The van der Waals surface area contributed by atoms with Crippen molar-refractivity contribution >= 4 is 44.8 Å². The number of benzene rings is 2. The standard InChI is InChI=1S/C18H13BrF4N4S/c19-14-10-27(9-11-5-7-12(20)8-6-11)26-16(14)25-17(28)24-15-4-2-1-3-13(15)18(21,22)23/h1-8,10H,9H2,(H2,24,25,26,28). The molecule has 0 aliphatic heterocycles. The van der Waals surface area contributed by atoms with E-state index in [0.717, 1.165) is 11.6 Å². The average molecular weight is 473 g/mol. The van der Waals surface area contributed by atoms with Crippen LogP contribution in [0.5, 0.6) is 0 Å². The van der Waals surface area contributed by atoms with Crippen molar-refractivity contribution in [2.24, 2.45) is 0 Å². The van der Waals surface area contributed by atoms with Gasteiger partial charge in [-0.05, 0) is 58.0 Å². The highest BCUT2D eigenvalue weighted by Gasteiger charge is 2.33. The van der Waals surface area contributed by atoms with E-state index >= 15 is 0 Å². The van der Waals surface area contributed by atoms with Gasteiger partial charge in [-0.25, -0.2) is 4.39 Å². The highest BCUT2D eigenvalue weighted by Crippen LogP contribution is 2.34. The Morgan fingerprint density at radius 1 is 1.07 bits per heavy atom. The number of halogens is 5. The molecule has 0 bridgehead atoms. The van der Waals surface area contributed by atoms with Crippen LogP contribution in [-0.4, -0.2) is 14.9 Å². The number of para-hydroxylation sites is 1. The molecule has 10 heteroatoms. The molecule has 1 aromatic heterocycles. The van der Waals surface area contributed by atoms with Gasteiger partial charge in [-0.3, -0.25) is 4.68 Å².